The summed E-state index contributed by atoms with van der Waals surface area (Å²) < 4.78 is 14.8. The van der Waals surface area contributed by atoms with Crippen LogP contribution in [0, 0.1) is 0 Å². The molecule has 1 aliphatic rings. The van der Waals surface area contributed by atoms with Crippen LogP contribution in [0.4, 0.5) is 0 Å². The lowest BCUT2D eigenvalue weighted by atomic mass is 9.99. The maximum Gasteiger partial charge on any atom is 0.332 e. The minimum Gasteiger partial charge on any atom is -0.464 e. The zero-order valence-corrected chi connectivity index (χ0v) is 10.6. The summed E-state index contributed by atoms with van der Waals surface area (Å²) in [5.41, 5.74) is 0. The van der Waals surface area contributed by atoms with E-state index < -0.39 is 49.9 Å². The Morgan fingerprint density at radius 1 is 1.21 bits per heavy atom. The van der Waals surface area contributed by atoms with E-state index in [9.17, 15) is 20.1 Å². The van der Waals surface area contributed by atoms with Gasteiger partial charge in [-0.25, -0.2) is 4.79 Å². The molecule has 8 heteroatoms. The van der Waals surface area contributed by atoms with Crippen molar-refractivity contribution in [3.63, 3.8) is 0 Å². The number of hydrogen-bond acceptors (Lipinski definition) is 8. The highest BCUT2D eigenvalue weighted by Gasteiger charge is 2.44. The maximum absolute atomic E-state index is 11.2. The van der Waals surface area contributed by atoms with Crippen molar-refractivity contribution in [1.82, 2.24) is 0 Å². The SMILES string of the molecule is CCCOC(=O)CO[C@H]1O[C@H](CO)[C@@H](O)[C@H](O)[C@H]1O. The summed E-state index contributed by atoms with van der Waals surface area (Å²) in [5.74, 6) is -0.626. The van der Waals surface area contributed by atoms with Crippen LogP contribution in [0.5, 0.6) is 0 Å². The third kappa shape index (κ3) is 4.37. The molecule has 19 heavy (non-hydrogen) atoms. The number of carbonyl (C=O) groups excluding carboxylic acids is 1. The van der Waals surface area contributed by atoms with Crippen molar-refractivity contribution < 1.29 is 39.4 Å². The van der Waals surface area contributed by atoms with Crippen LogP contribution in [0.2, 0.25) is 0 Å². The van der Waals surface area contributed by atoms with Crippen molar-refractivity contribution in [2.45, 2.75) is 44.1 Å². The second kappa shape index (κ2) is 7.73. The summed E-state index contributed by atoms with van der Waals surface area (Å²) in [7, 11) is 0. The van der Waals surface area contributed by atoms with Crippen LogP contribution in [-0.4, -0.2) is 76.9 Å². The summed E-state index contributed by atoms with van der Waals surface area (Å²) >= 11 is 0. The van der Waals surface area contributed by atoms with Gasteiger partial charge in [-0.15, -0.1) is 0 Å². The second-order valence-electron chi connectivity index (χ2n) is 4.23. The van der Waals surface area contributed by atoms with Gasteiger partial charge in [-0.1, -0.05) is 6.92 Å². The number of aliphatic hydroxyl groups is 4. The molecule has 0 aromatic carbocycles. The van der Waals surface area contributed by atoms with Crippen molar-refractivity contribution in [3.05, 3.63) is 0 Å². The summed E-state index contributed by atoms with van der Waals surface area (Å²) in [5, 5.41) is 37.6. The van der Waals surface area contributed by atoms with Crippen molar-refractivity contribution in [1.29, 1.82) is 0 Å². The molecule has 0 bridgehead atoms. The van der Waals surface area contributed by atoms with Gasteiger partial charge in [0, 0.05) is 0 Å². The summed E-state index contributed by atoms with van der Waals surface area (Å²) in [6.45, 7) is 1.09. The Hall–Kier alpha value is -0.770. The van der Waals surface area contributed by atoms with Crippen LogP contribution in [0.25, 0.3) is 0 Å². The molecular formula is C11H20O8. The molecule has 5 atom stereocenters. The second-order valence-corrected chi connectivity index (χ2v) is 4.23. The van der Waals surface area contributed by atoms with E-state index in [2.05, 4.69) is 0 Å². The molecular weight excluding hydrogens is 260 g/mol. The maximum atomic E-state index is 11.2. The van der Waals surface area contributed by atoms with Gasteiger partial charge in [0.15, 0.2) is 6.29 Å². The van der Waals surface area contributed by atoms with Crippen molar-refractivity contribution in [2.75, 3.05) is 19.8 Å². The molecule has 112 valence electrons. The van der Waals surface area contributed by atoms with Gasteiger partial charge in [0.1, 0.15) is 31.0 Å². The Kier molecular flexibility index (Phi) is 6.63. The molecule has 0 unspecified atom stereocenters. The molecule has 1 rings (SSSR count). The lowest BCUT2D eigenvalue weighted by Crippen LogP contribution is -2.59. The van der Waals surface area contributed by atoms with E-state index in [4.69, 9.17) is 19.3 Å². The monoisotopic (exact) mass is 280 g/mol. The Labute approximate surface area is 110 Å². The quantitative estimate of drug-likeness (QED) is 0.402. The van der Waals surface area contributed by atoms with E-state index in [0.717, 1.165) is 0 Å². The molecule has 0 amide bonds. The summed E-state index contributed by atoms with van der Waals surface area (Å²) in [6.07, 6.45) is -6.20. The fourth-order valence-electron chi connectivity index (χ4n) is 1.61. The molecule has 0 aliphatic carbocycles. The van der Waals surface area contributed by atoms with Crippen LogP contribution < -0.4 is 0 Å². The number of esters is 1. The highest BCUT2D eigenvalue weighted by Crippen LogP contribution is 2.21. The van der Waals surface area contributed by atoms with Gasteiger partial charge in [-0.3, -0.25) is 0 Å². The fraction of sp³-hybridized carbons (Fsp3) is 0.909. The minimum atomic E-state index is -1.53. The molecule has 1 fully saturated rings. The average molecular weight is 280 g/mol. The molecule has 0 aromatic heterocycles. The summed E-state index contributed by atoms with van der Waals surface area (Å²) in [4.78, 5) is 11.2. The molecule has 8 nitrogen and oxygen atoms in total. The molecule has 1 saturated heterocycles. The number of ether oxygens (including phenoxy) is 3. The van der Waals surface area contributed by atoms with Gasteiger partial charge < -0.3 is 34.6 Å². The van der Waals surface area contributed by atoms with Crippen LogP contribution >= 0.6 is 0 Å². The third-order valence-corrected chi connectivity index (χ3v) is 2.68. The normalized spacial score (nSPS) is 35.1. The lowest BCUT2D eigenvalue weighted by molar-refractivity contribution is -0.300. The number of hydrogen-bond donors (Lipinski definition) is 4. The van der Waals surface area contributed by atoms with Gasteiger partial charge in [-0.2, -0.15) is 0 Å². The molecule has 0 radical (unpaired) electrons. The van der Waals surface area contributed by atoms with E-state index in [0.29, 0.717) is 6.42 Å². The molecule has 0 spiro atoms. The number of carbonyl (C=O) groups is 1. The molecule has 0 aromatic rings. The van der Waals surface area contributed by atoms with Gasteiger partial charge in [0.05, 0.1) is 13.2 Å². The zero-order chi connectivity index (χ0) is 14.4. The topological polar surface area (TPSA) is 126 Å². The first-order chi connectivity index (χ1) is 9.01. The van der Waals surface area contributed by atoms with Crippen molar-refractivity contribution in [3.8, 4) is 0 Å². The van der Waals surface area contributed by atoms with Crippen molar-refractivity contribution in [2.24, 2.45) is 0 Å². The predicted molar refractivity (Wildman–Crippen MR) is 61.0 cm³/mol. The van der Waals surface area contributed by atoms with Gasteiger partial charge in [0.2, 0.25) is 0 Å². The first-order valence-corrected chi connectivity index (χ1v) is 6.09. The van der Waals surface area contributed by atoms with Gasteiger partial charge in [-0.05, 0) is 6.42 Å². The van der Waals surface area contributed by atoms with E-state index in [1.807, 2.05) is 6.92 Å². The average Bonchev–Trinajstić information content (AvgIpc) is 2.41. The molecule has 1 heterocycles. The van der Waals surface area contributed by atoms with Crippen LogP contribution in [-0.2, 0) is 19.0 Å². The van der Waals surface area contributed by atoms with Crippen LogP contribution in [0.3, 0.4) is 0 Å². The Morgan fingerprint density at radius 3 is 2.47 bits per heavy atom. The fourth-order valence-corrected chi connectivity index (χ4v) is 1.61. The number of rotatable bonds is 6. The standard InChI is InChI=1S/C11H20O8/c1-2-3-17-7(13)5-18-11-10(16)9(15)8(14)6(4-12)19-11/h6,8-12,14-16H,2-5H2,1H3/t6-,8-,9+,10-,11+/m1/s1. The van der Waals surface area contributed by atoms with Gasteiger partial charge in [0.25, 0.3) is 0 Å². The van der Waals surface area contributed by atoms with Crippen LogP contribution in [0.1, 0.15) is 13.3 Å². The lowest BCUT2D eigenvalue weighted by Gasteiger charge is -2.39. The molecule has 1 aliphatic heterocycles. The van der Waals surface area contributed by atoms with Crippen LogP contribution in [0.15, 0.2) is 0 Å². The third-order valence-electron chi connectivity index (χ3n) is 2.68. The minimum absolute atomic E-state index is 0.261. The highest BCUT2D eigenvalue weighted by atomic mass is 16.7. The first-order valence-electron chi connectivity index (χ1n) is 6.09. The smallest absolute Gasteiger partial charge is 0.332 e. The molecule has 0 saturated carbocycles. The Morgan fingerprint density at radius 2 is 1.89 bits per heavy atom. The Bertz CT molecular complexity index is 282. The predicted octanol–water partition coefficient (Wildman–Crippen LogP) is -2.24. The van der Waals surface area contributed by atoms with E-state index in [1.54, 1.807) is 0 Å². The molecule has 4 N–H and O–H groups in total. The van der Waals surface area contributed by atoms with Crippen molar-refractivity contribution >= 4 is 5.97 Å². The number of aliphatic hydroxyl groups excluding tert-OH is 4. The largest absolute Gasteiger partial charge is 0.464 e. The van der Waals surface area contributed by atoms with E-state index in [1.165, 1.54) is 0 Å². The summed E-state index contributed by atoms with van der Waals surface area (Å²) in [6, 6.07) is 0. The highest BCUT2D eigenvalue weighted by molar-refractivity contribution is 5.70. The first kappa shape index (κ1) is 16.3. The Balaban J connectivity index is 2.46. The van der Waals surface area contributed by atoms with Gasteiger partial charge >= 0.3 is 5.97 Å². The zero-order valence-electron chi connectivity index (χ0n) is 10.6. The van der Waals surface area contributed by atoms with E-state index in [-0.39, 0.29) is 6.61 Å². The van der Waals surface area contributed by atoms with E-state index >= 15 is 0 Å².